The Balaban J connectivity index is 1.83. The van der Waals surface area contributed by atoms with Crippen molar-refractivity contribution in [3.63, 3.8) is 0 Å². The second-order valence-electron chi connectivity index (χ2n) is 8.01. The molecule has 1 atom stereocenters. The third kappa shape index (κ3) is 5.95. The van der Waals surface area contributed by atoms with E-state index in [-0.39, 0.29) is 16.8 Å². The third-order valence-electron chi connectivity index (χ3n) is 5.01. The highest BCUT2D eigenvalue weighted by molar-refractivity contribution is 7.92. The smallest absolute Gasteiger partial charge is 0.261 e. The number of hydrogen-bond acceptors (Lipinski definition) is 3. The first-order valence-electron chi connectivity index (χ1n) is 10.3. The summed E-state index contributed by atoms with van der Waals surface area (Å²) in [6.45, 7) is 6.04. The fourth-order valence-electron chi connectivity index (χ4n) is 3.37. The van der Waals surface area contributed by atoms with Gasteiger partial charge in [0, 0.05) is 5.56 Å². The Labute approximate surface area is 184 Å². The molecule has 0 saturated carbocycles. The first-order chi connectivity index (χ1) is 14.8. The quantitative estimate of drug-likeness (QED) is 0.502. The van der Waals surface area contributed by atoms with Gasteiger partial charge in [0.05, 0.1) is 16.6 Å². The number of benzene rings is 3. The summed E-state index contributed by atoms with van der Waals surface area (Å²) < 4.78 is 28.4. The van der Waals surface area contributed by atoms with Crippen LogP contribution in [-0.4, -0.2) is 14.3 Å². The van der Waals surface area contributed by atoms with Crippen LogP contribution in [0.3, 0.4) is 0 Å². The summed E-state index contributed by atoms with van der Waals surface area (Å²) in [7, 11) is -3.82. The van der Waals surface area contributed by atoms with E-state index in [2.05, 4.69) is 23.9 Å². The van der Waals surface area contributed by atoms with Crippen molar-refractivity contribution in [3.8, 4) is 0 Å². The van der Waals surface area contributed by atoms with Gasteiger partial charge in [-0.1, -0.05) is 68.4 Å². The minimum atomic E-state index is -3.82. The van der Waals surface area contributed by atoms with Crippen molar-refractivity contribution >= 4 is 21.6 Å². The molecule has 0 radical (unpaired) electrons. The van der Waals surface area contributed by atoms with Gasteiger partial charge in [0.1, 0.15) is 0 Å². The van der Waals surface area contributed by atoms with Crippen LogP contribution in [0.15, 0.2) is 83.8 Å². The molecule has 1 amide bonds. The van der Waals surface area contributed by atoms with Gasteiger partial charge >= 0.3 is 0 Å². The molecule has 0 bridgehead atoms. The molecule has 0 aromatic heterocycles. The Morgan fingerprint density at radius 3 is 2.26 bits per heavy atom. The molecular weight excluding hydrogens is 408 g/mol. The fourth-order valence-corrected chi connectivity index (χ4v) is 4.55. The lowest BCUT2D eigenvalue weighted by atomic mass is 9.96. The average Bonchev–Trinajstić information content (AvgIpc) is 2.75. The average molecular weight is 437 g/mol. The second-order valence-corrected chi connectivity index (χ2v) is 9.70. The number of rotatable bonds is 8. The molecule has 0 aliphatic carbocycles. The van der Waals surface area contributed by atoms with Crippen LogP contribution >= 0.6 is 0 Å². The highest BCUT2D eigenvalue weighted by atomic mass is 32.2. The van der Waals surface area contributed by atoms with Crippen LogP contribution in [0.2, 0.25) is 0 Å². The van der Waals surface area contributed by atoms with Gasteiger partial charge in [0.15, 0.2) is 0 Å². The Hall–Kier alpha value is -3.12. The van der Waals surface area contributed by atoms with E-state index in [0.29, 0.717) is 17.2 Å². The van der Waals surface area contributed by atoms with Crippen LogP contribution in [0, 0.1) is 12.8 Å². The van der Waals surface area contributed by atoms with Gasteiger partial charge in [-0.15, -0.1) is 0 Å². The van der Waals surface area contributed by atoms with Gasteiger partial charge in [0.25, 0.3) is 15.9 Å². The molecule has 5 nitrogen and oxygen atoms in total. The summed E-state index contributed by atoms with van der Waals surface area (Å²) in [6.07, 6.45) is 0.780. The number of sulfonamides is 1. The minimum Gasteiger partial charge on any atom is -0.345 e. The Kier molecular flexibility index (Phi) is 7.13. The normalized spacial score (nSPS) is 12.4. The largest absolute Gasteiger partial charge is 0.345 e. The molecule has 2 N–H and O–H groups in total. The van der Waals surface area contributed by atoms with Gasteiger partial charge in [-0.2, -0.15) is 0 Å². The number of para-hydroxylation sites is 1. The number of hydrogen-bond donors (Lipinski definition) is 2. The van der Waals surface area contributed by atoms with E-state index < -0.39 is 10.0 Å². The topological polar surface area (TPSA) is 75.3 Å². The second kappa shape index (κ2) is 9.79. The SMILES string of the molecule is Cc1ccccc1NS(=O)(=O)c1cccc(C(=O)NC(CC(C)C)c2ccccc2)c1. The first-order valence-corrected chi connectivity index (χ1v) is 11.8. The Bertz CT molecular complexity index is 1140. The molecule has 3 aromatic carbocycles. The molecule has 0 saturated heterocycles. The highest BCUT2D eigenvalue weighted by Gasteiger charge is 2.20. The molecule has 3 rings (SSSR count). The van der Waals surface area contributed by atoms with Gasteiger partial charge in [-0.05, 0) is 54.7 Å². The Morgan fingerprint density at radius 1 is 0.903 bits per heavy atom. The number of amides is 1. The maximum absolute atomic E-state index is 13.0. The molecule has 1 unspecified atom stereocenters. The van der Waals surface area contributed by atoms with Crippen molar-refractivity contribution in [2.24, 2.45) is 5.92 Å². The summed E-state index contributed by atoms with van der Waals surface area (Å²) in [6, 6.07) is 22.9. The number of carbonyl (C=O) groups is 1. The zero-order valence-electron chi connectivity index (χ0n) is 18.0. The number of carbonyl (C=O) groups excluding carboxylic acids is 1. The fraction of sp³-hybridized carbons (Fsp3) is 0.240. The standard InChI is InChI=1S/C25H28N2O3S/c1-18(2)16-24(20-11-5-4-6-12-20)26-25(28)21-13-9-14-22(17-21)31(29,30)27-23-15-8-7-10-19(23)3/h4-15,17-18,24,27H,16H2,1-3H3,(H,26,28). The van der Waals surface area contributed by atoms with E-state index in [1.807, 2.05) is 49.4 Å². The lowest BCUT2D eigenvalue weighted by Crippen LogP contribution is -2.29. The lowest BCUT2D eigenvalue weighted by molar-refractivity contribution is 0.0931. The van der Waals surface area contributed by atoms with Gasteiger partial charge in [-0.3, -0.25) is 9.52 Å². The zero-order valence-corrected chi connectivity index (χ0v) is 18.8. The van der Waals surface area contributed by atoms with Crippen molar-refractivity contribution in [2.45, 2.75) is 38.1 Å². The van der Waals surface area contributed by atoms with E-state index in [9.17, 15) is 13.2 Å². The van der Waals surface area contributed by atoms with Crippen molar-refractivity contribution in [3.05, 3.63) is 95.6 Å². The van der Waals surface area contributed by atoms with Crippen LogP contribution in [-0.2, 0) is 10.0 Å². The van der Waals surface area contributed by atoms with Crippen molar-refractivity contribution < 1.29 is 13.2 Å². The molecule has 162 valence electrons. The number of anilines is 1. The highest BCUT2D eigenvalue weighted by Crippen LogP contribution is 2.23. The first kappa shape index (κ1) is 22.6. The molecule has 0 aliphatic rings. The van der Waals surface area contributed by atoms with Crippen LogP contribution < -0.4 is 10.0 Å². The molecule has 3 aromatic rings. The third-order valence-corrected chi connectivity index (χ3v) is 6.37. The van der Waals surface area contributed by atoms with Crippen LogP contribution in [0.1, 0.15) is 47.8 Å². The van der Waals surface area contributed by atoms with Gasteiger partial charge < -0.3 is 5.32 Å². The van der Waals surface area contributed by atoms with Crippen molar-refractivity contribution in [1.82, 2.24) is 5.32 Å². The molecule has 0 heterocycles. The summed E-state index contributed by atoms with van der Waals surface area (Å²) in [5, 5.41) is 3.06. The van der Waals surface area contributed by atoms with E-state index in [0.717, 1.165) is 17.5 Å². The predicted octanol–water partition coefficient (Wildman–Crippen LogP) is 5.31. The molecule has 0 aliphatic heterocycles. The summed E-state index contributed by atoms with van der Waals surface area (Å²) >= 11 is 0. The zero-order chi connectivity index (χ0) is 22.4. The summed E-state index contributed by atoms with van der Waals surface area (Å²) in [5.41, 5.74) is 2.66. The number of nitrogens with one attached hydrogen (secondary N) is 2. The molecule has 0 spiro atoms. The lowest BCUT2D eigenvalue weighted by Gasteiger charge is -2.21. The van der Waals surface area contributed by atoms with Crippen LogP contribution in [0.25, 0.3) is 0 Å². The predicted molar refractivity (Wildman–Crippen MR) is 125 cm³/mol. The van der Waals surface area contributed by atoms with Gasteiger partial charge in [-0.25, -0.2) is 8.42 Å². The maximum Gasteiger partial charge on any atom is 0.261 e. The molecular formula is C25H28N2O3S. The summed E-state index contributed by atoms with van der Waals surface area (Å²) in [4.78, 5) is 13.0. The van der Waals surface area contributed by atoms with Crippen molar-refractivity contribution in [1.29, 1.82) is 0 Å². The van der Waals surface area contributed by atoms with E-state index in [4.69, 9.17) is 0 Å². The Morgan fingerprint density at radius 2 is 1.58 bits per heavy atom. The van der Waals surface area contributed by atoms with Gasteiger partial charge in [0.2, 0.25) is 0 Å². The maximum atomic E-state index is 13.0. The summed E-state index contributed by atoms with van der Waals surface area (Å²) in [5.74, 6) is 0.0815. The molecule has 31 heavy (non-hydrogen) atoms. The van der Waals surface area contributed by atoms with E-state index in [1.54, 1.807) is 24.3 Å². The number of aryl methyl sites for hydroxylation is 1. The monoisotopic (exact) mass is 436 g/mol. The molecule has 6 heteroatoms. The van der Waals surface area contributed by atoms with E-state index in [1.165, 1.54) is 12.1 Å². The molecule has 0 fully saturated rings. The minimum absolute atomic E-state index is 0.0449. The van der Waals surface area contributed by atoms with Crippen molar-refractivity contribution in [2.75, 3.05) is 4.72 Å². The van der Waals surface area contributed by atoms with Crippen LogP contribution in [0.5, 0.6) is 0 Å². The van der Waals surface area contributed by atoms with E-state index >= 15 is 0 Å². The van der Waals surface area contributed by atoms with Crippen LogP contribution in [0.4, 0.5) is 5.69 Å².